The number of nitro benzene ring substituents is 1. The van der Waals surface area contributed by atoms with E-state index < -0.39 is 51.2 Å². The van der Waals surface area contributed by atoms with E-state index in [1.807, 2.05) is 6.07 Å². The smallest absolute Gasteiger partial charge is 0.355 e. The van der Waals surface area contributed by atoms with E-state index in [1.165, 1.54) is 50.4 Å². The average molecular weight is 546 g/mol. The summed E-state index contributed by atoms with van der Waals surface area (Å²) in [6.45, 7) is 1.43. The normalized spacial score (nSPS) is 20.3. The summed E-state index contributed by atoms with van der Waals surface area (Å²) < 4.78 is 15.0. The molecule has 204 valence electrons. The lowest BCUT2D eigenvalue weighted by Gasteiger charge is -2.30. The fraction of sp³-hybridized carbons (Fsp3) is 0.231. The highest BCUT2D eigenvalue weighted by Crippen LogP contribution is 2.51. The van der Waals surface area contributed by atoms with Crippen molar-refractivity contribution in [3.05, 3.63) is 69.9 Å². The number of hydrogen-bond donors (Lipinski definition) is 1. The molecule has 1 N–H and O–H groups in total. The first-order chi connectivity index (χ1) is 19.1. The van der Waals surface area contributed by atoms with Crippen LogP contribution < -0.4 is 14.6 Å². The molecule has 0 spiro atoms. The lowest BCUT2D eigenvalue weighted by Crippen LogP contribution is -2.48. The third-order valence-electron chi connectivity index (χ3n) is 6.60. The summed E-state index contributed by atoms with van der Waals surface area (Å²) in [6, 6.07) is 13.0. The van der Waals surface area contributed by atoms with Crippen molar-refractivity contribution in [2.75, 3.05) is 31.2 Å². The van der Waals surface area contributed by atoms with Crippen LogP contribution in [-0.2, 0) is 23.9 Å². The molecule has 2 unspecified atom stereocenters. The third-order valence-corrected chi connectivity index (χ3v) is 6.60. The lowest BCUT2D eigenvalue weighted by atomic mass is 9.68. The van der Waals surface area contributed by atoms with Crippen LogP contribution >= 0.6 is 0 Å². The first kappa shape index (κ1) is 27.5. The average Bonchev–Trinajstić information content (AvgIpc) is 3.41. The number of benzene rings is 2. The van der Waals surface area contributed by atoms with Crippen LogP contribution in [0.1, 0.15) is 6.92 Å². The van der Waals surface area contributed by atoms with Crippen molar-refractivity contribution in [3.8, 4) is 11.8 Å². The number of nitrogens with zero attached hydrogens (tertiary/aromatic N) is 5. The van der Waals surface area contributed by atoms with E-state index in [0.29, 0.717) is 5.75 Å². The van der Waals surface area contributed by atoms with E-state index in [1.54, 1.807) is 12.1 Å². The van der Waals surface area contributed by atoms with Gasteiger partial charge in [-0.05, 0) is 43.3 Å². The second-order valence-electron chi connectivity index (χ2n) is 8.61. The van der Waals surface area contributed by atoms with Gasteiger partial charge < -0.3 is 14.2 Å². The van der Waals surface area contributed by atoms with Crippen LogP contribution in [0.25, 0.3) is 0 Å². The van der Waals surface area contributed by atoms with Gasteiger partial charge in [0.1, 0.15) is 23.2 Å². The van der Waals surface area contributed by atoms with Crippen LogP contribution in [0.5, 0.6) is 5.75 Å². The molecule has 2 aromatic carbocycles. The number of amides is 1. The van der Waals surface area contributed by atoms with Crippen LogP contribution in [-0.4, -0.2) is 55.6 Å². The van der Waals surface area contributed by atoms with Crippen LogP contribution in [0.3, 0.4) is 0 Å². The molecule has 0 saturated carbocycles. The number of amidine groups is 1. The molecule has 2 aliphatic heterocycles. The number of hydrazone groups is 1. The number of methoxy groups -OCH3 is 3. The number of carbonyl (C=O) groups excluding carboxylic acids is 3. The summed E-state index contributed by atoms with van der Waals surface area (Å²) in [6.07, 6.45) is 0. The number of rotatable bonds is 7. The predicted octanol–water partition coefficient (Wildman–Crippen LogP) is 2.55. The van der Waals surface area contributed by atoms with E-state index in [0.717, 1.165) is 24.1 Å². The van der Waals surface area contributed by atoms with Gasteiger partial charge in [0.05, 0.1) is 49.3 Å². The number of ether oxygens (including phenoxy) is 3. The molecule has 2 heterocycles. The maximum absolute atomic E-state index is 13.9. The Morgan fingerprint density at radius 1 is 1.05 bits per heavy atom. The van der Waals surface area contributed by atoms with Crippen molar-refractivity contribution in [1.82, 2.24) is 0 Å². The molecule has 14 nitrogen and oxygen atoms in total. The molecule has 4 rings (SSSR count). The molecular formula is C26H22N6O8. The third kappa shape index (κ3) is 4.00. The molecule has 0 aliphatic carbocycles. The van der Waals surface area contributed by atoms with Gasteiger partial charge in [-0.2, -0.15) is 10.4 Å². The Morgan fingerprint density at radius 2 is 1.62 bits per heavy atom. The Bertz CT molecular complexity index is 1540. The van der Waals surface area contributed by atoms with Gasteiger partial charge in [0.15, 0.2) is 5.41 Å². The number of non-ortho nitro benzene ring substituents is 1. The van der Waals surface area contributed by atoms with Crippen molar-refractivity contribution in [2.45, 2.75) is 6.92 Å². The van der Waals surface area contributed by atoms with Crippen molar-refractivity contribution >= 4 is 46.5 Å². The molecule has 14 heteroatoms. The SMILES string of the molecule is COC(=O)C1=C(C(=O)OC)C(C#N)(C2C(=O)N(c3ccc([N+](=O)[O-])cc3)N=C2C)C(=N)N1c1ccc(OC)cc1. The molecule has 1 amide bonds. The molecule has 2 aliphatic rings. The van der Waals surface area contributed by atoms with E-state index >= 15 is 0 Å². The minimum atomic E-state index is -2.36. The second-order valence-corrected chi connectivity index (χ2v) is 8.61. The molecule has 0 bridgehead atoms. The van der Waals surface area contributed by atoms with Gasteiger partial charge in [-0.3, -0.25) is 25.2 Å². The topological polar surface area (TPSA) is 189 Å². The Balaban J connectivity index is 1.93. The maximum atomic E-state index is 13.9. The Hall–Kier alpha value is -5.58. The van der Waals surface area contributed by atoms with Crippen LogP contribution in [0.2, 0.25) is 0 Å². The van der Waals surface area contributed by atoms with Crippen LogP contribution in [0.4, 0.5) is 17.1 Å². The van der Waals surface area contributed by atoms with Gasteiger partial charge in [-0.25, -0.2) is 14.6 Å². The highest BCUT2D eigenvalue weighted by molar-refractivity contribution is 6.29. The van der Waals surface area contributed by atoms with Crippen molar-refractivity contribution in [1.29, 1.82) is 10.7 Å². The van der Waals surface area contributed by atoms with E-state index in [2.05, 4.69) is 5.10 Å². The van der Waals surface area contributed by atoms with Gasteiger partial charge in [-0.15, -0.1) is 0 Å². The standard InChI is InChI=1S/C26H22N6O8/c1-14-19(22(33)31(29-14)16-5-7-17(8-6-16)32(36)37)26(13-27)20(23(34)39-3)21(24(35)40-4)30(25(26)28)15-9-11-18(38-2)12-10-15/h5-12,19,28H,1-4H3. The van der Waals surface area contributed by atoms with Gasteiger partial charge in [0.2, 0.25) is 0 Å². The van der Waals surface area contributed by atoms with Crippen molar-refractivity contribution in [3.63, 3.8) is 0 Å². The minimum Gasteiger partial charge on any atom is -0.497 e. The monoisotopic (exact) mass is 546 g/mol. The summed E-state index contributed by atoms with van der Waals surface area (Å²) in [5.74, 6) is -4.65. The number of nitro groups is 1. The maximum Gasteiger partial charge on any atom is 0.355 e. The van der Waals surface area contributed by atoms with Gasteiger partial charge in [0.25, 0.3) is 11.6 Å². The van der Waals surface area contributed by atoms with Crippen LogP contribution in [0, 0.1) is 38.2 Å². The lowest BCUT2D eigenvalue weighted by molar-refractivity contribution is -0.384. The number of anilines is 2. The van der Waals surface area contributed by atoms with Gasteiger partial charge in [-0.1, -0.05) is 0 Å². The zero-order valence-corrected chi connectivity index (χ0v) is 21.7. The van der Waals surface area contributed by atoms with E-state index in [4.69, 9.17) is 19.6 Å². The van der Waals surface area contributed by atoms with Crippen LogP contribution in [0.15, 0.2) is 64.9 Å². The Labute approximate surface area is 227 Å². The first-order valence-corrected chi connectivity index (χ1v) is 11.6. The van der Waals surface area contributed by atoms with Gasteiger partial charge >= 0.3 is 11.9 Å². The van der Waals surface area contributed by atoms with E-state index in [9.17, 15) is 29.8 Å². The predicted molar refractivity (Wildman–Crippen MR) is 139 cm³/mol. The largest absolute Gasteiger partial charge is 0.497 e. The molecule has 2 atom stereocenters. The minimum absolute atomic E-state index is 0.0526. The summed E-state index contributed by atoms with van der Waals surface area (Å²) in [5.41, 5.74) is -3.21. The summed E-state index contributed by atoms with van der Waals surface area (Å²) in [4.78, 5) is 51.7. The fourth-order valence-electron chi connectivity index (χ4n) is 4.76. The highest BCUT2D eigenvalue weighted by atomic mass is 16.6. The molecule has 0 fully saturated rings. The first-order valence-electron chi connectivity index (χ1n) is 11.6. The number of nitrogens with one attached hydrogen (secondary N) is 1. The molecule has 0 radical (unpaired) electrons. The summed E-state index contributed by atoms with van der Waals surface area (Å²) in [5, 5.41) is 36.0. The Kier molecular flexibility index (Phi) is 7.06. The fourth-order valence-corrected chi connectivity index (χ4v) is 4.76. The Morgan fingerprint density at radius 3 is 2.12 bits per heavy atom. The number of hydrogen-bond acceptors (Lipinski definition) is 11. The highest BCUT2D eigenvalue weighted by Gasteiger charge is 2.65. The molecule has 40 heavy (non-hydrogen) atoms. The number of carbonyl (C=O) groups is 3. The van der Waals surface area contributed by atoms with Gasteiger partial charge in [0, 0.05) is 17.8 Å². The quantitative estimate of drug-likeness (QED) is 0.307. The zero-order valence-electron chi connectivity index (χ0n) is 21.7. The molecule has 0 aromatic heterocycles. The number of nitriles is 1. The summed E-state index contributed by atoms with van der Waals surface area (Å²) >= 11 is 0. The molecule has 2 aromatic rings. The van der Waals surface area contributed by atoms with Crippen molar-refractivity contribution in [2.24, 2.45) is 16.4 Å². The molecular weight excluding hydrogens is 524 g/mol. The zero-order chi connectivity index (χ0) is 29.4. The van der Waals surface area contributed by atoms with Crippen molar-refractivity contribution < 1.29 is 33.5 Å². The molecule has 0 saturated heterocycles. The summed E-state index contributed by atoms with van der Waals surface area (Å²) in [7, 11) is 3.55. The second kappa shape index (κ2) is 10.3. The van der Waals surface area contributed by atoms with E-state index in [-0.39, 0.29) is 22.8 Å². The number of esters is 2.